The summed E-state index contributed by atoms with van der Waals surface area (Å²) in [6, 6.07) is 15.0. The molecule has 1 atom stereocenters. The van der Waals surface area contributed by atoms with Crippen LogP contribution in [0.25, 0.3) is 11.1 Å². The van der Waals surface area contributed by atoms with E-state index >= 15 is 0 Å². The van der Waals surface area contributed by atoms with E-state index < -0.39 is 11.7 Å². The molecule has 0 saturated carbocycles. The molecule has 0 unspecified atom stereocenters. The number of carbonyl (C=O) groups is 2. The molecule has 0 bridgehead atoms. The quantitative estimate of drug-likeness (QED) is 0.483. The molecule has 0 aliphatic carbocycles. The first kappa shape index (κ1) is 26.1. The van der Waals surface area contributed by atoms with Crippen molar-refractivity contribution in [3.05, 3.63) is 54.1 Å². The summed E-state index contributed by atoms with van der Waals surface area (Å²) in [4.78, 5) is 28.7. The van der Waals surface area contributed by atoms with Crippen LogP contribution in [0, 0.1) is 5.92 Å². The molecular formula is C29H37FN2O4. The third-order valence-corrected chi connectivity index (χ3v) is 7.10. The molecule has 0 radical (unpaired) electrons. The number of ether oxygens (including phenoxy) is 2. The molecule has 194 valence electrons. The average molecular weight is 497 g/mol. The number of methoxy groups -OCH3 is 1. The molecule has 2 heterocycles. The van der Waals surface area contributed by atoms with Gasteiger partial charge in [0.25, 0.3) is 5.91 Å². The summed E-state index contributed by atoms with van der Waals surface area (Å²) >= 11 is 0. The van der Waals surface area contributed by atoms with Gasteiger partial charge < -0.3 is 19.3 Å². The standard InChI is InChI=1S/C29H37FN2O4/c1-29(2,30)20-31-17-14-21(15-18-31)19-36-25-12-10-23(11-13-25)22-6-8-24(9-7-22)27(33)32-16-4-5-26(32)28(34)35-3/h6-13,21,26H,4-5,14-20H2,1-3H3/t26-/m1/s1. The van der Waals surface area contributed by atoms with Crippen LogP contribution in [0.4, 0.5) is 4.39 Å². The highest BCUT2D eigenvalue weighted by Crippen LogP contribution is 2.26. The van der Waals surface area contributed by atoms with Gasteiger partial charge in [-0.3, -0.25) is 4.79 Å². The molecule has 0 spiro atoms. The topological polar surface area (TPSA) is 59.1 Å². The van der Waals surface area contributed by atoms with E-state index in [9.17, 15) is 14.0 Å². The molecule has 2 aromatic rings. The highest BCUT2D eigenvalue weighted by Gasteiger charge is 2.35. The van der Waals surface area contributed by atoms with Crippen molar-refractivity contribution in [1.82, 2.24) is 9.80 Å². The third-order valence-electron chi connectivity index (χ3n) is 7.10. The van der Waals surface area contributed by atoms with E-state index in [0.29, 0.717) is 37.6 Å². The Morgan fingerprint density at radius 2 is 1.56 bits per heavy atom. The van der Waals surface area contributed by atoms with E-state index in [1.165, 1.54) is 7.11 Å². The molecule has 2 aliphatic rings. The van der Waals surface area contributed by atoms with Crippen molar-refractivity contribution in [1.29, 1.82) is 0 Å². The number of rotatable bonds is 8. The van der Waals surface area contributed by atoms with Crippen molar-refractivity contribution in [3.8, 4) is 16.9 Å². The Labute approximate surface area is 213 Å². The van der Waals surface area contributed by atoms with Crippen molar-refractivity contribution in [2.24, 2.45) is 5.92 Å². The van der Waals surface area contributed by atoms with Gasteiger partial charge in [-0.25, -0.2) is 9.18 Å². The van der Waals surface area contributed by atoms with Crippen LogP contribution in [-0.4, -0.2) is 73.3 Å². The van der Waals surface area contributed by atoms with Gasteiger partial charge in [0.2, 0.25) is 0 Å². The lowest BCUT2D eigenvalue weighted by atomic mass is 9.97. The van der Waals surface area contributed by atoms with E-state index in [1.54, 1.807) is 18.7 Å². The maximum atomic E-state index is 13.9. The zero-order valence-corrected chi connectivity index (χ0v) is 21.5. The van der Waals surface area contributed by atoms with Crippen LogP contribution in [0.3, 0.4) is 0 Å². The van der Waals surface area contributed by atoms with Gasteiger partial charge in [-0.05, 0) is 93.9 Å². The van der Waals surface area contributed by atoms with Gasteiger partial charge in [-0.2, -0.15) is 0 Å². The molecule has 0 N–H and O–H groups in total. The number of piperidine rings is 1. The van der Waals surface area contributed by atoms with Gasteiger partial charge in [0.05, 0.1) is 13.7 Å². The van der Waals surface area contributed by atoms with Crippen molar-refractivity contribution in [2.75, 3.05) is 39.9 Å². The van der Waals surface area contributed by atoms with E-state index in [2.05, 4.69) is 4.90 Å². The smallest absolute Gasteiger partial charge is 0.328 e. The molecule has 1 amide bonds. The van der Waals surface area contributed by atoms with Crippen LogP contribution < -0.4 is 4.74 Å². The lowest BCUT2D eigenvalue weighted by Crippen LogP contribution is -2.41. The van der Waals surface area contributed by atoms with Gasteiger partial charge in [0.1, 0.15) is 17.5 Å². The summed E-state index contributed by atoms with van der Waals surface area (Å²) in [5.41, 5.74) is 1.46. The van der Waals surface area contributed by atoms with E-state index in [4.69, 9.17) is 9.47 Å². The Bertz CT molecular complexity index is 1020. The maximum absolute atomic E-state index is 13.9. The number of esters is 1. The highest BCUT2D eigenvalue weighted by molar-refractivity contribution is 5.97. The van der Waals surface area contributed by atoms with Gasteiger partial charge in [-0.1, -0.05) is 24.3 Å². The summed E-state index contributed by atoms with van der Waals surface area (Å²) in [6.45, 7) is 6.83. The lowest BCUT2D eigenvalue weighted by Gasteiger charge is -2.34. The minimum atomic E-state index is -1.15. The number of likely N-dealkylation sites (tertiary alicyclic amines) is 2. The molecule has 4 rings (SSSR count). The molecule has 36 heavy (non-hydrogen) atoms. The third kappa shape index (κ3) is 6.64. The fourth-order valence-electron chi connectivity index (χ4n) is 5.16. The molecule has 0 aromatic heterocycles. The van der Waals surface area contributed by atoms with Gasteiger partial charge in [0.15, 0.2) is 0 Å². The van der Waals surface area contributed by atoms with Crippen molar-refractivity contribution >= 4 is 11.9 Å². The predicted octanol–water partition coefficient (Wildman–Crippen LogP) is 4.97. The molecular weight excluding hydrogens is 459 g/mol. The lowest BCUT2D eigenvalue weighted by molar-refractivity contribution is -0.145. The minimum absolute atomic E-state index is 0.141. The van der Waals surface area contributed by atoms with E-state index in [-0.39, 0.29) is 11.9 Å². The number of carbonyl (C=O) groups excluding carboxylic acids is 2. The second-order valence-corrected chi connectivity index (χ2v) is 10.5. The van der Waals surface area contributed by atoms with Gasteiger partial charge >= 0.3 is 5.97 Å². The van der Waals surface area contributed by atoms with Crippen molar-refractivity contribution in [3.63, 3.8) is 0 Å². The SMILES string of the molecule is COC(=O)[C@H]1CCCN1C(=O)c1ccc(-c2ccc(OCC3CCN(CC(C)(C)F)CC3)cc2)cc1. The fourth-order valence-corrected chi connectivity index (χ4v) is 5.16. The Balaban J connectivity index is 1.28. The number of hydrogen-bond acceptors (Lipinski definition) is 5. The highest BCUT2D eigenvalue weighted by atomic mass is 19.1. The summed E-state index contributed by atoms with van der Waals surface area (Å²) in [6.07, 6.45) is 3.49. The molecule has 2 aromatic carbocycles. The first-order valence-corrected chi connectivity index (χ1v) is 12.9. The fraction of sp³-hybridized carbons (Fsp3) is 0.517. The average Bonchev–Trinajstić information content (AvgIpc) is 3.37. The van der Waals surface area contributed by atoms with E-state index in [0.717, 1.165) is 49.2 Å². The molecule has 2 aliphatic heterocycles. The Kier molecular flexibility index (Phi) is 8.29. The Morgan fingerprint density at radius 1 is 0.944 bits per heavy atom. The number of alkyl halides is 1. The summed E-state index contributed by atoms with van der Waals surface area (Å²) in [5.74, 6) is 0.826. The molecule has 6 nitrogen and oxygen atoms in total. The van der Waals surface area contributed by atoms with Crippen LogP contribution >= 0.6 is 0 Å². The second-order valence-electron chi connectivity index (χ2n) is 10.5. The molecule has 2 fully saturated rings. The van der Waals surface area contributed by atoms with Crippen LogP contribution in [0.1, 0.15) is 49.9 Å². The maximum Gasteiger partial charge on any atom is 0.328 e. The van der Waals surface area contributed by atoms with E-state index in [1.807, 2.05) is 48.5 Å². The monoisotopic (exact) mass is 496 g/mol. The van der Waals surface area contributed by atoms with Crippen molar-refractivity contribution < 1.29 is 23.5 Å². The predicted molar refractivity (Wildman–Crippen MR) is 138 cm³/mol. The zero-order valence-electron chi connectivity index (χ0n) is 21.5. The number of nitrogens with zero attached hydrogens (tertiary/aromatic N) is 2. The van der Waals surface area contributed by atoms with Gasteiger partial charge in [0, 0.05) is 18.7 Å². The number of benzene rings is 2. The largest absolute Gasteiger partial charge is 0.493 e. The van der Waals surface area contributed by atoms with Crippen LogP contribution in [0.5, 0.6) is 5.75 Å². The summed E-state index contributed by atoms with van der Waals surface area (Å²) in [5, 5.41) is 0. The minimum Gasteiger partial charge on any atom is -0.493 e. The normalized spacial score (nSPS) is 19.3. The Morgan fingerprint density at radius 3 is 2.14 bits per heavy atom. The second kappa shape index (κ2) is 11.4. The number of hydrogen-bond donors (Lipinski definition) is 0. The Hall–Kier alpha value is -2.93. The zero-order chi connectivity index (χ0) is 25.7. The number of amides is 1. The van der Waals surface area contributed by atoms with Crippen LogP contribution in [0.2, 0.25) is 0 Å². The van der Waals surface area contributed by atoms with Crippen LogP contribution in [-0.2, 0) is 9.53 Å². The van der Waals surface area contributed by atoms with Crippen molar-refractivity contribution in [2.45, 2.75) is 51.2 Å². The van der Waals surface area contributed by atoms with Gasteiger partial charge in [-0.15, -0.1) is 0 Å². The summed E-state index contributed by atoms with van der Waals surface area (Å²) in [7, 11) is 1.36. The molecule has 7 heteroatoms. The first-order valence-electron chi connectivity index (χ1n) is 12.9. The van der Waals surface area contributed by atoms with Crippen LogP contribution in [0.15, 0.2) is 48.5 Å². The molecule has 2 saturated heterocycles. The first-order chi connectivity index (χ1) is 17.2. The summed E-state index contributed by atoms with van der Waals surface area (Å²) < 4.78 is 24.8. The number of halogens is 1.